The van der Waals surface area contributed by atoms with Crippen LogP contribution in [0.1, 0.15) is 31.8 Å². The highest BCUT2D eigenvalue weighted by molar-refractivity contribution is 7.87. The Bertz CT molecular complexity index is 3830. The van der Waals surface area contributed by atoms with Crippen LogP contribution < -0.4 is 21.5 Å². The molecule has 23 nitrogen and oxygen atoms in total. The zero-order valence-electron chi connectivity index (χ0n) is 32.8. The molecule has 28 heteroatoms. The topological polar surface area (TPSA) is 381 Å². The summed E-state index contributed by atoms with van der Waals surface area (Å²) in [5.41, 5.74) is -5.13. The van der Waals surface area contributed by atoms with E-state index in [2.05, 4.69) is 10.6 Å². The van der Waals surface area contributed by atoms with Crippen LogP contribution >= 0.6 is 0 Å². The van der Waals surface area contributed by atoms with Gasteiger partial charge in [-0.25, -0.2) is 0 Å². The Hall–Kier alpha value is -6.73. The summed E-state index contributed by atoms with van der Waals surface area (Å²) in [4.78, 5) is 51.0. The molecule has 1 amide bonds. The van der Waals surface area contributed by atoms with Gasteiger partial charge < -0.3 is 20.5 Å². The number of pyridine rings is 1. The molecule has 5 aromatic carbocycles. The van der Waals surface area contributed by atoms with Crippen molar-refractivity contribution in [3.05, 3.63) is 124 Å². The Morgan fingerprint density at radius 1 is 0.561 bits per heavy atom. The fourth-order valence-corrected chi connectivity index (χ4v) is 10.2. The Labute approximate surface area is 372 Å². The van der Waals surface area contributed by atoms with Crippen molar-refractivity contribution in [1.82, 2.24) is 4.57 Å². The maximum atomic E-state index is 14.5. The Morgan fingerprint density at radius 3 is 1.76 bits per heavy atom. The fourth-order valence-electron chi connectivity index (χ4n) is 7.16. The minimum Gasteiger partial charge on any atom is -0.375 e. The van der Waals surface area contributed by atoms with Crippen molar-refractivity contribution in [2.45, 2.75) is 24.5 Å². The SMILES string of the molecule is Cn1c(=O)c(C(=O)c2cccc(S(=O)(=O)O)c2)c2c3c(c(Nc4cc(NC(=O)CNc5cc(S(=O)(=O)O)ccc5S(=O)(=O)O)c(S(=O)(=O)O)cc4S(=O)(=O)O)ccc31)C(=O)c1ccccc1-2. The number of aromatic nitrogens is 1. The van der Waals surface area contributed by atoms with Gasteiger partial charge in [0.05, 0.1) is 55.7 Å². The Balaban J connectivity index is 1.40. The van der Waals surface area contributed by atoms with E-state index in [-0.39, 0.29) is 50.5 Å². The third-order valence-corrected chi connectivity index (χ3v) is 14.4. The number of fused-ring (bicyclic) bond motifs is 2. The highest BCUT2D eigenvalue weighted by Gasteiger charge is 2.35. The average Bonchev–Trinajstić information content (AvgIpc) is 3.21. The lowest BCUT2D eigenvalue weighted by Gasteiger charge is -2.26. The molecule has 0 aliphatic heterocycles. The van der Waals surface area contributed by atoms with Crippen molar-refractivity contribution in [2.24, 2.45) is 7.05 Å². The number of hydrogen-bond acceptors (Lipinski definition) is 16. The molecule has 1 aliphatic rings. The summed E-state index contributed by atoms with van der Waals surface area (Å²) in [7, 11) is -24.7. The van der Waals surface area contributed by atoms with Gasteiger partial charge in [-0.15, -0.1) is 0 Å². The molecule has 7 rings (SSSR count). The van der Waals surface area contributed by atoms with E-state index in [1.165, 1.54) is 49.5 Å². The lowest BCUT2D eigenvalue weighted by Crippen LogP contribution is -2.29. The number of benzene rings is 5. The molecule has 8 N–H and O–H groups in total. The summed E-state index contributed by atoms with van der Waals surface area (Å²) >= 11 is 0. The maximum Gasteiger partial charge on any atom is 0.296 e. The first-order valence-electron chi connectivity index (χ1n) is 18.0. The van der Waals surface area contributed by atoms with Gasteiger partial charge in [-0.05, 0) is 60.2 Å². The van der Waals surface area contributed by atoms with Gasteiger partial charge in [0.2, 0.25) is 5.91 Å². The van der Waals surface area contributed by atoms with Crippen molar-refractivity contribution in [3.8, 4) is 11.1 Å². The molecule has 0 bridgehead atoms. The van der Waals surface area contributed by atoms with Crippen LogP contribution in [0.5, 0.6) is 0 Å². The van der Waals surface area contributed by atoms with Gasteiger partial charge >= 0.3 is 0 Å². The zero-order valence-corrected chi connectivity index (χ0v) is 36.9. The van der Waals surface area contributed by atoms with Crippen molar-refractivity contribution >= 4 is 102 Å². The van der Waals surface area contributed by atoms with Gasteiger partial charge in [0.1, 0.15) is 14.7 Å². The van der Waals surface area contributed by atoms with Crippen LogP contribution in [0.3, 0.4) is 0 Å². The molecule has 0 radical (unpaired) electrons. The number of nitrogens with one attached hydrogen (secondary N) is 3. The van der Waals surface area contributed by atoms with E-state index in [1.54, 1.807) is 0 Å². The zero-order chi connectivity index (χ0) is 48.6. The van der Waals surface area contributed by atoms with Crippen LogP contribution in [-0.2, 0) is 62.4 Å². The number of carbonyl (C=O) groups excluding carboxylic acids is 3. The molecule has 0 saturated heterocycles. The summed E-state index contributed by atoms with van der Waals surface area (Å²) in [6.07, 6.45) is 0. The van der Waals surface area contributed by atoms with Crippen LogP contribution in [0.4, 0.5) is 22.7 Å². The van der Waals surface area contributed by atoms with Crippen molar-refractivity contribution in [2.75, 3.05) is 22.5 Å². The molecule has 1 heterocycles. The van der Waals surface area contributed by atoms with Crippen LogP contribution in [0.25, 0.3) is 22.0 Å². The number of aryl methyl sites for hydroxylation is 1. The van der Waals surface area contributed by atoms with E-state index in [1.807, 2.05) is 5.32 Å². The standard InChI is InChI=1S/C38H28N4O19S5/c1-42-27-11-10-23(33-34(27)32(21-7-2-3-8-22(21)37(33)45)35(38(42)46)36(44)18-5-4-6-19(13-18)62(47,48)49)40-25-15-26(30(66(59,60)61)16-29(25)65(56,57)58)41-31(43)17-39-24-14-20(63(50,51)52)9-12-28(24)64(53,54)55/h2-16,39-40H,17H2,1H3,(H,41,43)(H,47,48,49)(H,50,51,52)(H,53,54,55)(H,56,57,58)(H,59,60,61). The number of nitrogens with zero attached hydrogens (tertiary/aromatic N) is 1. The largest absolute Gasteiger partial charge is 0.375 e. The summed E-state index contributed by atoms with van der Waals surface area (Å²) < 4.78 is 172. The van der Waals surface area contributed by atoms with Crippen molar-refractivity contribution in [3.63, 3.8) is 0 Å². The molecule has 0 unspecified atom stereocenters. The Kier molecular flexibility index (Phi) is 11.7. The molecule has 1 aliphatic carbocycles. The fraction of sp³-hybridized carbons (Fsp3) is 0.0526. The van der Waals surface area contributed by atoms with Gasteiger partial charge in [-0.2, -0.15) is 42.1 Å². The summed E-state index contributed by atoms with van der Waals surface area (Å²) in [6, 6.07) is 14.7. The van der Waals surface area contributed by atoms with Crippen LogP contribution in [0.15, 0.2) is 120 Å². The maximum absolute atomic E-state index is 14.5. The molecule has 6 aromatic rings. The molecular weight excluding hydrogens is 977 g/mol. The first kappa shape index (κ1) is 47.2. The lowest BCUT2D eigenvalue weighted by atomic mass is 9.80. The predicted molar refractivity (Wildman–Crippen MR) is 230 cm³/mol. The van der Waals surface area contributed by atoms with Crippen molar-refractivity contribution < 1.29 is 79.2 Å². The second-order valence-electron chi connectivity index (χ2n) is 14.1. The van der Waals surface area contributed by atoms with Gasteiger partial charge in [0, 0.05) is 29.1 Å². The average molecular weight is 1000 g/mol. The summed E-state index contributed by atoms with van der Waals surface area (Å²) in [6.45, 7) is -1.09. The molecule has 66 heavy (non-hydrogen) atoms. The molecular formula is C38H28N4O19S5. The molecule has 1 aromatic heterocycles. The van der Waals surface area contributed by atoms with E-state index in [0.29, 0.717) is 24.3 Å². The van der Waals surface area contributed by atoms with Crippen LogP contribution in [0.2, 0.25) is 0 Å². The van der Waals surface area contributed by atoms with E-state index in [4.69, 9.17) is 0 Å². The number of ketones is 2. The third-order valence-electron chi connectivity index (χ3n) is 10.00. The second-order valence-corrected chi connectivity index (χ2v) is 21.1. The summed E-state index contributed by atoms with van der Waals surface area (Å²) in [5.74, 6) is -3.15. The first-order chi connectivity index (χ1) is 30.5. The van der Waals surface area contributed by atoms with Gasteiger partial charge in [-0.1, -0.05) is 36.4 Å². The van der Waals surface area contributed by atoms with E-state index in [9.17, 15) is 84.0 Å². The van der Waals surface area contributed by atoms with Gasteiger partial charge in [0.15, 0.2) is 11.6 Å². The molecule has 344 valence electrons. The third kappa shape index (κ3) is 8.83. The van der Waals surface area contributed by atoms with Crippen LogP contribution in [0, 0.1) is 0 Å². The number of rotatable bonds is 13. The number of hydrogen-bond donors (Lipinski definition) is 8. The molecule has 0 saturated carbocycles. The van der Waals surface area contributed by atoms with Gasteiger partial charge in [-0.3, -0.25) is 41.9 Å². The minimum absolute atomic E-state index is 0.0260. The van der Waals surface area contributed by atoms with E-state index < -0.39 is 127 Å². The van der Waals surface area contributed by atoms with E-state index in [0.717, 1.165) is 22.8 Å². The number of amides is 1. The quantitative estimate of drug-likeness (QED) is 0.0608. The minimum atomic E-state index is -5.51. The molecule has 0 fully saturated rings. The second kappa shape index (κ2) is 16.3. The lowest BCUT2D eigenvalue weighted by molar-refractivity contribution is -0.114. The van der Waals surface area contributed by atoms with Crippen molar-refractivity contribution in [1.29, 1.82) is 0 Å². The molecule has 0 atom stereocenters. The van der Waals surface area contributed by atoms with Gasteiger partial charge in [0.25, 0.3) is 56.1 Å². The highest BCUT2D eigenvalue weighted by atomic mass is 32.2. The van der Waals surface area contributed by atoms with Crippen LogP contribution in [-0.4, -0.2) is 93.4 Å². The normalized spacial score (nSPS) is 13.0. The van der Waals surface area contributed by atoms with E-state index >= 15 is 0 Å². The first-order valence-corrected chi connectivity index (χ1v) is 25.2. The summed E-state index contributed by atoms with van der Waals surface area (Å²) in [5, 5.41) is 6.72. The monoisotopic (exact) mass is 1000 g/mol. The Morgan fingerprint density at radius 2 is 1.15 bits per heavy atom. The highest BCUT2D eigenvalue weighted by Crippen LogP contribution is 2.45. The smallest absolute Gasteiger partial charge is 0.296 e. The predicted octanol–water partition coefficient (Wildman–Crippen LogP) is 3.01. The number of carbonyl (C=O) groups is 3. The molecule has 0 spiro atoms. The number of anilines is 4.